The lowest BCUT2D eigenvalue weighted by Crippen LogP contribution is -2.47. The zero-order valence-corrected chi connectivity index (χ0v) is 26.9. The van der Waals surface area contributed by atoms with E-state index in [1.54, 1.807) is 0 Å². The fourth-order valence-electron chi connectivity index (χ4n) is 5.37. The van der Waals surface area contributed by atoms with Crippen molar-refractivity contribution in [1.29, 1.82) is 0 Å². The number of fused-ring (bicyclic) bond motifs is 1. The van der Waals surface area contributed by atoms with E-state index in [1.165, 1.54) is 7.11 Å². The Morgan fingerprint density at radius 2 is 1.51 bits per heavy atom. The quantitative estimate of drug-likeness (QED) is 0.0538. The number of urea groups is 1. The highest BCUT2D eigenvalue weighted by atomic mass is 32.2. The Balaban J connectivity index is 1.52. The molecule has 0 radical (unpaired) electrons. The van der Waals surface area contributed by atoms with Gasteiger partial charge in [-0.25, -0.2) is 4.79 Å². The molecule has 2 aliphatic rings. The third-order valence-corrected chi connectivity index (χ3v) is 9.40. The van der Waals surface area contributed by atoms with Crippen LogP contribution in [0.4, 0.5) is 4.79 Å². The van der Waals surface area contributed by atoms with Crippen LogP contribution >= 0.6 is 11.8 Å². The number of unbranched alkanes of at least 4 members (excludes halogenated alkanes) is 6. The van der Waals surface area contributed by atoms with Crippen molar-refractivity contribution < 1.29 is 28.7 Å². The number of rotatable bonds is 24. The van der Waals surface area contributed by atoms with Crippen molar-refractivity contribution in [3.63, 3.8) is 0 Å². The van der Waals surface area contributed by atoms with E-state index < -0.39 is 6.04 Å². The maximum Gasteiger partial charge on any atom is 0.315 e. The summed E-state index contributed by atoms with van der Waals surface area (Å²) in [6, 6.07) is -0.180. The van der Waals surface area contributed by atoms with E-state index in [0.29, 0.717) is 50.4 Å². The van der Waals surface area contributed by atoms with Crippen LogP contribution in [0.3, 0.4) is 0 Å². The molecule has 2 rings (SSSR count). The molecule has 0 aromatic heterocycles. The minimum atomic E-state index is -0.555. The predicted molar refractivity (Wildman–Crippen MR) is 169 cm³/mol. The number of amides is 5. The number of thioether (sulfide) groups is 1. The highest BCUT2D eigenvalue weighted by molar-refractivity contribution is 8.00. The van der Waals surface area contributed by atoms with Gasteiger partial charge in [0.15, 0.2) is 0 Å². The molecule has 12 nitrogen and oxygen atoms in total. The predicted octanol–water partition coefficient (Wildman–Crippen LogP) is 2.11. The number of nitrogens with one attached hydrogen (secondary N) is 6. The summed E-state index contributed by atoms with van der Waals surface area (Å²) in [5.41, 5.74) is 0. The summed E-state index contributed by atoms with van der Waals surface area (Å²) in [5.74, 6) is 0.487. The van der Waals surface area contributed by atoms with Gasteiger partial charge in [0.25, 0.3) is 0 Å². The number of carbonyl (C=O) groups excluding carboxylic acids is 5. The molecule has 2 fully saturated rings. The molecule has 13 heteroatoms. The van der Waals surface area contributed by atoms with Gasteiger partial charge in [-0.05, 0) is 71.4 Å². The zero-order chi connectivity index (χ0) is 31.3. The summed E-state index contributed by atoms with van der Waals surface area (Å²) in [6.07, 6.45) is 11.0. The molecule has 2 unspecified atom stereocenters. The fraction of sp³-hybridized carbons (Fsp3) is 0.833. The molecule has 0 saturated carbocycles. The van der Waals surface area contributed by atoms with E-state index in [4.69, 9.17) is 0 Å². The second kappa shape index (κ2) is 22.0. The lowest BCUT2D eigenvalue weighted by molar-refractivity contribution is -0.140. The molecule has 246 valence electrons. The van der Waals surface area contributed by atoms with E-state index in [2.05, 4.69) is 36.6 Å². The second-order valence-electron chi connectivity index (χ2n) is 11.4. The standard InChI is InChI=1S/C30H54N6O6S/c1-31-18-12-9-13-22(29(40)33-20-11-4-6-17-27(39)42-2)34-26(38)16-5-3-10-19-32-25(37)15-8-7-14-24-28-23(21-43-24)35-30(41)36-28/h22-24,28,31H,3-21H2,1-2H3,(H,32,37)(H,33,40)(H,34,38)(H2,35,36,41)/t22?,23-,24?,28-/m0/s1. The third kappa shape index (κ3) is 15.7. The molecule has 0 aromatic rings. The van der Waals surface area contributed by atoms with Crippen LogP contribution in [0, 0.1) is 0 Å². The van der Waals surface area contributed by atoms with Crippen molar-refractivity contribution in [3.05, 3.63) is 0 Å². The van der Waals surface area contributed by atoms with Crippen LogP contribution in [-0.2, 0) is 23.9 Å². The highest BCUT2D eigenvalue weighted by Gasteiger charge is 2.42. The van der Waals surface area contributed by atoms with Crippen molar-refractivity contribution in [1.82, 2.24) is 31.9 Å². The Hall–Kier alpha value is -2.54. The van der Waals surface area contributed by atoms with E-state index in [9.17, 15) is 24.0 Å². The molecule has 4 atom stereocenters. The number of ether oxygens (including phenoxy) is 1. The molecule has 5 amide bonds. The Bertz CT molecular complexity index is 878. The largest absolute Gasteiger partial charge is 0.469 e. The molecule has 2 heterocycles. The van der Waals surface area contributed by atoms with Gasteiger partial charge in [-0.1, -0.05) is 19.3 Å². The molecule has 0 aliphatic carbocycles. The molecule has 43 heavy (non-hydrogen) atoms. The van der Waals surface area contributed by atoms with Crippen molar-refractivity contribution in [2.75, 3.05) is 39.5 Å². The van der Waals surface area contributed by atoms with Crippen LogP contribution in [-0.4, -0.2) is 92.6 Å². The van der Waals surface area contributed by atoms with Gasteiger partial charge in [0, 0.05) is 43.4 Å². The Morgan fingerprint density at radius 1 is 0.837 bits per heavy atom. The van der Waals surface area contributed by atoms with Crippen molar-refractivity contribution >= 4 is 41.5 Å². The van der Waals surface area contributed by atoms with Crippen LogP contribution in [0.15, 0.2) is 0 Å². The first-order valence-corrected chi connectivity index (χ1v) is 17.1. The normalized spacial score (nSPS) is 19.6. The topological polar surface area (TPSA) is 167 Å². The minimum absolute atomic E-state index is 0.0566. The summed E-state index contributed by atoms with van der Waals surface area (Å²) in [6.45, 7) is 1.96. The summed E-state index contributed by atoms with van der Waals surface area (Å²) in [7, 11) is 3.26. The van der Waals surface area contributed by atoms with Crippen molar-refractivity contribution in [2.24, 2.45) is 0 Å². The van der Waals surface area contributed by atoms with Gasteiger partial charge < -0.3 is 36.6 Å². The molecule has 0 spiro atoms. The monoisotopic (exact) mass is 626 g/mol. The second-order valence-corrected chi connectivity index (χ2v) is 12.7. The van der Waals surface area contributed by atoms with Crippen LogP contribution in [0.5, 0.6) is 0 Å². The molecular formula is C30H54N6O6S. The maximum atomic E-state index is 12.8. The first-order valence-electron chi connectivity index (χ1n) is 16.1. The Morgan fingerprint density at radius 3 is 2.26 bits per heavy atom. The third-order valence-electron chi connectivity index (χ3n) is 7.89. The summed E-state index contributed by atoms with van der Waals surface area (Å²) in [4.78, 5) is 60.2. The Labute approximate surface area is 261 Å². The average Bonchev–Trinajstić information content (AvgIpc) is 3.55. The van der Waals surface area contributed by atoms with Gasteiger partial charge >= 0.3 is 12.0 Å². The van der Waals surface area contributed by atoms with Gasteiger partial charge in [0.2, 0.25) is 17.7 Å². The van der Waals surface area contributed by atoms with Gasteiger partial charge in [-0.15, -0.1) is 0 Å². The van der Waals surface area contributed by atoms with Crippen molar-refractivity contribution in [2.45, 2.75) is 120 Å². The van der Waals surface area contributed by atoms with Gasteiger partial charge in [-0.2, -0.15) is 11.8 Å². The van der Waals surface area contributed by atoms with Gasteiger partial charge in [0.1, 0.15) is 6.04 Å². The maximum absolute atomic E-state index is 12.8. The Kier molecular flexibility index (Phi) is 18.8. The smallest absolute Gasteiger partial charge is 0.315 e. The van der Waals surface area contributed by atoms with Crippen molar-refractivity contribution in [3.8, 4) is 0 Å². The van der Waals surface area contributed by atoms with Crippen LogP contribution in [0.2, 0.25) is 0 Å². The lowest BCUT2D eigenvalue weighted by atomic mass is 10.0. The zero-order valence-electron chi connectivity index (χ0n) is 26.1. The van der Waals surface area contributed by atoms with Gasteiger partial charge in [0.05, 0.1) is 19.2 Å². The number of carbonyl (C=O) groups is 5. The highest BCUT2D eigenvalue weighted by Crippen LogP contribution is 2.33. The number of esters is 1. The van der Waals surface area contributed by atoms with E-state index in [0.717, 1.165) is 76.5 Å². The molecule has 0 aromatic carbocycles. The molecule has 2 saturated heterocycles. The number of hydrogen-bond acceptors (Lipinski definition) is 8. The van der Waals surface area contributed by atoms with E-state index >= 15 is 0 Å². The average molecular weight is 627 g/mol. The molecule has 6 N–H and O–H groups in total. The lowest BCUT2D eigenvalue weighted by Gasteiger charge is -2.18. The molecular weight excluding hydrogens is 572 g/mol. The summed E-state index contributed by atoms with van der Waals surface area (Å²) < 4.78 is 4.64. The van der Waals surface area contributed by atoms with Crippen LogP contribution in [0.25, 0.3) is 0 Å². The molecule has 0 bridgehead atoms. The summed E-state index contributed by atoms with van der Waals surface area (Å²) >= 11 is 1.89. The number of hydrogen-bond donors (Lipinski definition) is 6. The van der Waals surface area contributed by atoms with Gasteiger partial charge in [-0.3, -0.25) is 19.2 Å². The number of methoxy groups -OCH3 is 1. The minimum Gasteiger partial charge on any atom is -0.469 e. The first kappa shape index (κ1) is 36.7. The molecule has 2 aliphatic heterocycles. The van der Waals surface area contributed by atoms with Crippen LogP contribution < -0.4 is 31.9 Å². The van der Waals surface area contributed by atoms with E-state index in [1.807, 2.05) is 18.8 Å². The fourth-order valence-corrected chi connectivity index (χ4v) is 6.91. The van der Waals surface area contributed by atoms with E-state index in [-0.39, 0.29) is 41.8 Å². The first-order chi connectivity index (χ1) is 20.8. The van der Waals surface area contributed by atoms with Crippen LogP contribution in [0.1, 0.15) is 96.3 Å². The SMILES string of the molecule is CNCCCCC(NC(=O)CCCCCNC(=O)CCCCC1SC[C@@H]2NC(=O)N[C@H]12)C(=O)NCCCCCC(=O)OC. The summed E-state index contributed by atoms with van der Waals surface area (Å²) in [5, 5.41) is 18.3.